The number of guanidine groups is 1. The number of aliphatic imine (C=N–C) groups is 1. The Labute approximate surface area is 291 Å². The van der Waals surface area contributed by atoms with Crippen molar-refractivity contribution in [3.8, 4) is 11.1 Å². The Morgan fingerprint density at radius 2 is 1.67 bits per heavy atom. The Bertz CT molecular complexity index is 1630. The van der Waals surface area contributed by atoms with Gasteiger partial charge < -0.3 is 27.0 Å². The predicted molar refractivity (Wildman–Crippen MR) is 201 cm³/mol. The average Bonchev–Trinajstić information content (AvgIpc) is 3.45. The summed E-state index contributed by atoms with van der Waals surface area (Å²) < 4.78 is 0. The Morgan fingerprint density at radius 3 is 2.46 bits per heavy atom. The number of allylic oxidation sites excluding steroid dienone is 2. The quantitative estimate of drug-likeness (QED) is 0.0399. The second kappa shape index (κ2) is 18.4. The van der Waals surface area contributed by atoms with Gasteiger partial charge in [0.2, 0.25) is 5.13 Å². The van der Waals surface area contributed by atoms with Gasteiger partial charge in [-0.1, -0.05) is 85.5 Å². The van der Waals surface area contributed by atoms with Gasteiger partial charge in [-0.05, 0) is 60.1 Å². The Kier molecular flexibility index (Phi) is 13.5. The Hall–Kier alpha value is -4.13. The molecule has 1 fully saturated rings. The van der Waals surface area contributed by atoms with E-state index < -0.39 is 4.92 Å². The van der Waals surface area contributed by atoms with E-state index in [-0.39, 0.29) is 5.96 Å². The van der Waals surface area contributed by atoms with Crippen LogP contribution >= 0.6 is 23.1 Å². The van der Waals surface area contributed by atoms with E-state index in [1.165, 1.54) is 58.4 Å². The van der Waals surface area contributed by atoms with E-state index in [0.29, 0.717) is 24.0 Å². The Balaban J connectivity index is 0.944. The molecular weight excluding hydrogens is 641 g/mol. The fourth-order valence-electron chi connectivity index (χ4n) is 6.16. The average molecular weight is 687 g/mol. The lowest BCUT2D eigenvalue weighted by Gasteiger charge is -2.29. The van der Waals surface area contributed by atoms with Crippen LogP contribution in [0.1, 0.15) is 61.8 Å². The molecule has 0 unspecified atom stereocenters. The number of benzene rings is 2. The molecular formula is C36H46N8O2S2. The van der Waals surface area contributed by atoms with Gasteiger partial charge in [0.25, 0.3) is 6.20 Å². The van der Waals surface area contributed by atoms with Crippen LogP contribution in [0.4, 0.5) is 5.13 Å². The van der Waals surface area contributed by atoms with Gasteiger partial charge in [0, 0.05) is 43.1 Å². The molecule has 3 aromatic rings. The standard InChI is InChI=1S/C36H46N8O2S2/c37-35(38)42-36-41-29(26-48-36)25-47-23-19-40-34(24-44(45)46)39-18-8-2-1-3-9-20-43-21-16-28(17-22-43)31-15-14-27-10-4-5-11-30(27)32-12-6-7-13-33(31)32/h4-7,10-15,24,26,39-40H,1-3,8-9,16-23,25H2,(H4,37,38,41,42)/b34-24+. The monoisotopic (exact) mass is 686 g/mol. The number of hydrogen-bond donors (Lipinski definition) is 4. The fraction of sp³-hybridized carbons (Fsp3) is 0.389. The molecule has 12 heteroatoms. The summed E-state index contributed by atoms with van der Waals surface area (Å²) in [6.45, 7) is 4.70. The maximum Gasteiger partial charge on any atom is 0.274 e. The summed E-state index contributed by atoms with van der Waals surface area (Å²) in [5, 5.41) is 19.9. The lowest BCUT2D eigenvalue weighted by atomic mass is 9.89. The second-order valence-corrected chi connectivity index (χ2v) is 13.9. The number of fused-ring (bicyclic) bond motifs is 3. The van der Waals surface area contributed by atoms with E-state index in [1.54, 1.807) is 17.3 Å². The Morgan fingerprint density at radius 1 is 0.958 bits per heavy atom. The van der Waals surface area contributed by atoms with Crippen molar-refractivity contribution < 1.29 is 4.92 Å². The number of nitrogens with two attached hydrogens (primary N) is 2. The maximum absolute atomic E-state index is 11.1. The molecule has 2 aliphatic rings. The minimum atomic E-state index is -0.422. The summed E-state index contributed by atoms with van der Waals surface area (Å²) in [5.74, 6) is 1.95. The van der Waals surface area contributed by atoms with Crippen LogP contribution < -0.4 is 22.1 Å². The molecule has 0 amide bonds. The highest BCUT2D eigenvalue weighted by Gasteiger charge is 2.20. The highest BCUT2D eigenvalue weighted by atomic mass is 32.2. The number of thioether (sulfide) groups is 1. The molecule has 48 heavy (non-hydrogen) atoms. The van der Waals surface area contributed by atoms with Crippen LogP contribution in [-0.2, 0) is 5.75 Å². The number of piperidine rings is 1. The number of rotatable bonds is 17. The zero-order valence-electron chi connectivity index (χ0n) is 27.4. The van der Waals surface area contributed by atoms with E-state index in [9.17, 15) is 10.1 Å². The molecule has 2 aromatic carbocycles. The third kappa shape index (κ3) is 10.7. The zero-order chi connectivity index (χ0) is 33.6. The molecule has 1 aromatic heterocycles. The molecule has 1 aliphatic carbocycles. The first kappa shape index (κ1) is 35.2. The van der Waals surface area contributed by atoms with Gasteiger partial charge in [0.05, 0.1) is 10.6 Å². The second-order valence-electron chi connectivity index (χ2n) is 12.0. The maximum atomic E-state index is 11.1. The number of hydrogen-bond acceptors (Lipinski definition) is 9. The van der Waals surface area contributed by atoms with Crippen molar-refractivity contribution in [3.63, 3.8) is 0 Å². The first-order chi connectivity index (χ1) is 23.5. The summed E-state index contributed by atoms with van der Waals surface area (Å²) >= 11 is 3.08. The summed E-state index contributed by atoms with van der Waals surface area (Å²) in [7, 11) is 0. The molecule has 5 rings (SSSR count). The molecule has 0 atom stereocenters. The van der Waals surface area contributed by atoms with Crippen molar-refractivity contribution in [1.82, 2.24) is 20.5 Å². The third-order valence-electron chi connectivity index (χ3n) is 8.52. The van der Waals surface area contributed by atoms with Crippen molar-refractivity contribution in [2.24, 2.45) is 16.5 Å². The van der Waals surface area contributed by atoms with Gasteiger partial charge in [-0.25, -0.2) is 4.98 Å². The van der Waals surface area contributed by atoms with Gasteiger partial charge in [0.1, 0.15) is 0 Å². The number of likely N-dealkylation sites (tertiary alicyclic amines) is 1. The van der Waals surface area contributed by atoms with Crippen molar-refractivity contribution in [1.29, 1.82) is 0 Å². The van der Waals surface area contributed by atoms with Crippen molar-refractivity contribution in [2.75, 3.05) is 38.5 Å². The third-order valence-corrected chi connectivity index (χ3v) is 10.3. The molecule has 2 heterocycles. The highest BCUT2D eigenvalue weighted by Crippen LogP contribution is 2.39. The van der Waals surface area contributed by atoms with Gasteiger partial charge in [0.15, 0.2) is 11.8 Å². The van der Waals surface area contributed by atoms with E-state index in [2.05, 4.69) is 86.2 Å². The van der Waals surface area contributed by atoms with Crippen LogP contribution in [0, 0.1) is 10.1 Å². The first-order valence-electron chi connectivity index (χ1n) is 16.7. The first-order valence-corrected chi connectivity index (χ1v) is 18.8. The van der Waals surface area contributed by atoms with Crippen LogP contribution in [-0.4, -0.2) is 59.2 Å². The van der Waals surface area contributed by atoms with Crippen molar-refractivity contribution in [2.45, 2.75) is 50.7 Å². The lowest BCUT2D eigenvalue weighted by molar-refractivity contribution is -0.404. The molecule has 6 N–H and O–H groups in total. The van der Waals surface area contributed by atoms with E-state index in [1.807, 2.05) is 5.38 Å². The van der Waals surface area contributed by atoms with Crippen LogP contribution in [0.5, 0.6) is 0 Å². The molecule has 0 radical (unpaired) electrons. The number of unbranched alkanes of at least 4 members (excludes halogenated alkanes) is 4. The minimum absolute atomic E-state index is 0.00647. The fourth-order valence-corrected chi connectivity index (χ4v) is 7.72. The number of nitro groups is 1. The van der Waals surface area contributed by atoms with Crippen molar-refractivity contribution in [3.05, 3.63) is 105 Å². The smallest absolute Gasteiger partial charge is 0.274 e. The normalized spacial score (nSPS) is 14.6. The van der Waals surface area contributed by atoms with Gasteiger partial charge >= 0.3 is 0 Å². The van der Waals surface area contributed by atoms with Gasteiger partial charge in [-0.2, -0.15) is 16.8 Å². The highest BCUT2D eigenvalue weighted by molar-refractivity contribution is 7.98. The van der Waals surface area contributed by atoms with Crippen LogP contribution in [0.3, 0.4) is 0 Å². The number of nitrogens with one attached hydrogen (secondary N) is 2. The SMILES string of the molecule is NC(N)=Nc1nc(CSCCN/C(=C/[N+](=O)[O-])NCCCCCCCN2CCC(=C3C=Cc4ccccc4-c4ccccc43)CC2)cs1. The summed E-state index contributed by atoms with van der Waals surface area (Å²) in [6.07, 6.45) is 13.6. The molecule has 10 nitrogen and oxygen atoms in total. The van der Waals surface area contributed by atoms with E-state index in [0.717, 1.165) is 68.7 Å². The molecule has 0 bridgehead atoms. The number of nitrogens with zero attached hydrogens (tertiary/aromatic N) is 4. The molecule has 1 aliphatic heterocycles. The lowest BCUT2D eigenvalue weighted by Crippen LogP contribution is -2.31. The van der Waals surface area contributed by atoms with Gasteiger partial charge in [-0.3, -0.25) is 10.1 Å². The molecule has 0 spiro atoms. The molecule has 0 saturated carbocycles. The zero-order valence-corrected chi connectivity index (χ0v) is 29.0. The number of aromatic nitrogens is 1. The number of thiazole rings is 1. The summed E-state index contributed by atoms with van der Waals surface area (Å²) in [5.41, 5.74) is 20.0. The van der Waals surface area contributed by atoms with E-state index in [4.69, 9.17) is 11.5 Å². The predicted octanol–water partition coefficient (Wildman–Crippen LogP) is 6.73. The van der Waals surface area contributed by atoms with Crippen molar-refractivity contribution >= 4 is 45.8 Å². The van der Waals surface area contributed by atoms with E-state index >= 15 is 0 Å². The summed E-state index contributed by atoms with van der Waals surface area (Å²) in [4.78, 5) is 21.6. The van der Waals surface area contributed by atoms with Crippen LogP contribution in [0.25, 0.3) is 22.8 Å². The van der Waals surface area contributed by atoms with Crippen LogP contribution in [0.15, 0.2) is 82.6 Å². The summed E-state index contributed by atoms with van der Waals surface area (Å²) in [6, 6.07) is 17.5. The topological polar surface area (TPSA) is 148 Å². The molecule has 254 valence electrons. The van der Waals surface area contributed by atoms with Gasteiger partial charge in [-0.15, -0.1) is 11.3 Å². The van der Waals surface area contributed by atoms with Crippen LogP contribution in [0.2, 0.25) is 0 Å². The largest absolute Gasteiger partial charge is 0.370 e. The molecule has 1 saturated heterocycles. The minimum Gasteiger partial charge on any atom is -0.370 e.